The number of furan rings is 1. The number of carbonyl (C=O) groups is 1. The van der Waals surface area contributed by atoms with Gasteiger partial charge in [0.1, 0.15) is 18.0 Å². The third kappa shape index (κ3) is 3.47. The Balaban J connectivity index is 2.02. The molecule has 0 saturated heterocycles. The van der Waals surface area contributed by atoms with E-state index < -0.39 is 11.7 Å². The summed E-state index contributed by atoms with van der Waals surface area (Å²) in [6.07, 6.45) is -0.493. The summed E-state index contributed by atoms with van der Waals surface area (Å²) in [5, 5.41) is 10.1. The fourth-order valence-corrected chi connectivity index (χ4v) is 3.02. The summed E-state index contributed by atoms with van der Waals surface area (Å²) in [6, 6.07) is 10.8. The molecule has 0 unspecified atom stereocenters. The van der Waals surface area contributed by atoms with E-state index in [2.05, 4.69) is 4.98 Å². The van der Waals surface area contributed by atoms with Crippen LogP contribution in [0.2, 0.25) is 0 Å². The van der Waals surface area contributed by atoms with Gasteiger partial charge in [0.2, 0.25) is 0 Å². The molecule has 126 valence electrons. The summed E-state index contributed by atoms with van der Waals surface area (Å²) in [6.45, 7) is 5.27. The first-order valence-corrected chi connectivity index (χ1v) is 8.27. The molecule has 1 aromatic carbocycles. The summed E-state index contributed by atoms with van der Waals surface area (Å²) in [5.41, 5.74) is 0.752. The largest absolute Gasteiger partial charge is 0.452 e. The third-order valence-corrected chi connectivity index (χ3v) is 3.97. The van der Waals surface area contributed by atoms with E-state index in [0.29, 0.717) is 27.0 Å². The van der Waals surface area contributed by atoms with Gasteiger partial charge in [0.15, 0.2) is 10.2 Å². The van der Waals surface area contributed by atoms with Crippen LogP contribution in [0, 0.1) is 0 Å². The lowest BCUT2D eigenvalue weighted by atomic mass is 10.2. The monoisotopic (exact) mass is 346 g/mol. The van der Waals surface area contributed by atoms with Crippen molar-refractivity contribution >= 4 is 28.9 Å². The number of benzene rings is 1. The van der Waals surface area contributed by atoms with Gasteiger partial charge in [-0.3, -0.25) is 0 Å². The Hall–Kier alpha value is -2.25. The number of hydrogen-bond donors (Lipinski definition) is 1. The highest BCUT2D eigenvalue weighted by atomic mass is 32.2. The highest BCUT2D eigenvalue weighted by molar-refractivity contribution is 7.99. The van der Waals surface area contributed by atoms with Gasteiger partial charge in [0.05, 0.1) is 11.0 Å². The van der Waals surface area contributed by atoms with Crippen molar-refractivity contribution in [2.45, 2.75) is 43.2 Å². The molecule has 3 rings (SSSR count). The van der Waals surface area contributed by atoms with Crippen LogP contribution >= 0.6 is 11.8 Å². The molecule has 2 heterocycles. The maximum absolute atomic E-state index is 12.6. The molecule has 0 aliphatic rings. The van der Waals surface area contributed by atoms with Gasteiger partial charge >= 0.3 is 6.09 Å². The third-order valence-electron chi connectivity index (χ3n) is 3.09. The predicted octanol–water partition coefficient (Wildman–Crippen LogP) is 4.06. The number of ether oxygens (including phenoxy) is 1. The van der Waals surface area contributed by atoms with Crippen molar-refractivity contribution < 1.29 is 19.1 Å². The Bertz CT molecular complexity index is 876. The second-order valence-corrected chi connectivity index (χ2v) is 7.15. The number of fused-ring (bicyclic) bond motifs is 1. The van der Waals surface area contributed by atoms with Gasteiger partial charge in [-0.2, -0.15) is 0 Å². The quantitative estimate of drug-likeness (QED) is 0.771. The van der Waals surface area contributed by atoms with Crippen molar-refractivity contribution in [3.63, 3.8) is 0 Å². The van der Waals surface area contributed by atoms with Gasteiger partial charge in [-0.05, 0) is 56.8 Å². The first-order chi connectivity index (χ1) is 11.4. The Kier molecular flexibility index (Phi) is 4.38. The molecule has 24 heavy (non-hydrogen) atoms. The lowest BCUT2D eigenvalue weighted by molar-refractivity contribution is 0.0529. The van der Waals surface area contributed by atoms with Crippen molar-refractivity contribution in [1.29, 1.82) is 0 Å². The summed E-state index contributed by atoms with van der Waals surface area (Å²) in [5.74, 6) is 0.456. The van der Waals surface area contributed by atoms with Gasteiger partial charge in [0, 0.05) is 0 Å². The minimum Gasteiger partial charge on any atom is -0.452 e. The molecular formula is C17H18N2O4S. The summed E-state index contributed by atoms with van der Waals surface area (Å²) >= 11 is 1.20. The zero-order valence-corrected chi connectivity index (χ0v) is 14.5. The number of rotatable bonds is 3. The SMILES string of the molecule is CC(C)(C)OC(=O)n1c(Sc2ccc(CO)o2)nc2ccccc21. The minimum atomic E-state index is -0.612. The predicted molar refractivity (Wildman–Crippen MR) is 90.1 cm³/mol. The van der Waals surface area contributed by atoms with Crippen LogP contribution in [0.4, 0.5) is 4.79 Å². The topological polar surface area (TPSA) is 77.5 Å². The number of aliphatic hydroxyl groups excluding tert-OH is 1. The molecule has 3 aromatic rings. The van der Waals surface area contributed by atoms with Gasteiger partial charge < -0.3 is 14.3 Å². The number of aliphatic hydroxyl groups is 1. The average Bonchev–Trinajstić information content (AvgIpc) is 3.09. The van der Waals surface area contributed by atoms with E-state index >= 15 is 0 Å². The Labute approximate surface area is 143 Å². The van der Waals surface area contributed by atoms with E-state index in [4.69, 9.17) is 14.3 Å². The van der Waals surface area contributed by atoms with E-state index in [0.717, 1.165) is 0 Å². The summed E-state index contributed by atoms with van der Waals surface area (Å²) in [7, 11) is 0. The number of nitrogens with zero attached hydrogens (tertiary/aromatic N) is 2. The van der Waals surface area contributed by atoms with Crippen molar-refractivity contribution in [1.82, 2.24) is 9.55 Å². The molecule has 0 radical (unpaired) electrons. The fourth-order valence-electron chi connectivity index (χ4n) is 2.14. The normalized spacial score (nSPS) is 11.8. The van der Waals surface area contributed by atoms with Crippen molar-refractivity contribution in [2.24, 2.45) is 0 Å². The van der Waals surface area contributed by atoms with Crippen LogP contribution in [0.3, 0.4) is 0 Å². The number of para-hydroxylation sites is 2. The summed E-state index contributed by atoms with van der Waals surface area (Å²) < 4.78 is 12.4. The molecule has 0 spiro atoms. The fraction of sp³-hybridized carbons (Fsp3) is 0.294. The molecule has 0 fully saturated rings. The first kappa shape index (κ1) is 16.6. The highest BCUT2D eigenvalue weighted by Crippen LogP contribution is 2.32. The van der Waals surface area contributed by atoms with Gasteiger partial charge in [0.25, 0.3) is 0 Å². The standard InChI is InChI=1S/C17H18N2O4S/c1-17(2,3)23-16(21)19-13-7-5-4-6-12(13)18-15(19)24-14-9-8-11(10-20)22-14/h4-9,20H,10H2,1-3H3. The Morgan fingerprint density at radius 3 is 2.71 bits per heavy atom. The average molecular weight is 346 g/mol. The van der Waals surface area contributed by atoms with Gasteiger partial charge in [-0.25, -0.2) is 14.3 Å². The maximum atomic E-state index is 12.6. The smallest absolute Gasteiger partial charge is 0.421 e. The zero-order chi connectivity index (χ0) is 17.3. The second-order valence-electron chi connectivity index (χ2n) is 6.18. The van der Waals surface area contributed by atoms with Gasteiger partial charge in [-0.1, -0.05) is 12.1 Å². The number of carbonyl (C=O) groups excluding carboxylic acids is 1. The van der Waals surface area contributed by atoms with E-state index in [1.54, 1.807) is 12.1 Å². The Morgan fingerprint density at radius 1 is 1.29 bits per heavy atom. The van der Waals surface area contributed by atoms with Crippen LogP contribution < -0.4 is 0 Å². The van der Waals surface area contributed by atoms with E-state index in [9.17, 15) is 4.79 Å². The molecule has 7 heteroatoms. The van der Waals surface area contributed by atoms with E-state index in [1.807, 2.05) is 45.0 Å². The van der Waals surface area contributed by atoms with Crippen molar-refractivity contribution in [3.8, 4) is 0 Å². The van der Waals surface area contributed by atoms with Crippen LogP contribution in [-0.2, 0) is 11.3 Å². The molecule has 0 bridgehead atoms. The molecule has 0 atom stereocenters. The molecular weight excluding hydrogens is 328 g/mol. The van der Waals surface area contributed by atoms with Crippen LogP contribution in [0.25, 0.3) is 11.0 Å². The number of imidazole rings is 1. The van der Waals surface area contributed by atoms with Crippen molar-refractivity contribution in [2.75, 3.05) is 0 Å². The van der Waals surface area contributed by atoms with Gasteiger partial charge in [-0.15, -0.1) is 0 Å². The molecule has 0 amide bonds. The van der Waals surface area contributed by atoms with Crippen LogP contribution in [0.15, 0.2) is 51.1 Å². The van der Waals surface area contributed by atoms with Crippen molar-refractivity contribution in [3.05, 3.63) is 42.2 Å². The van der Waals surface area contributed by atoms with E-state index in [-0.39, 0.29) is 6.61 Å². The van der Waals surface area contributed by atoms with Crippen LogP contribution in [0.5, 0.6) is 0 Å². The molecule has 6 nitrogen and oxygen atoms in total. The highest BCUT2D eigenvalue weighted by Gasteiger charge is 2.24. The Morgan fingerprint density at radius 2 is 2.04 bits per heavy atom. The van der Waals surface area contributed by atoms with Crippen LogP contribution in [-0.4, -0.2) is 26.4 Å². The lowest BCUT2D eigenvalue weighted by Crippen LogP contribution is -2.27. The molecule has 1 N–H and O–H groups in total. The molecule has 0 aliphatic heterocycles. The number of hydrogen-bond acceptors (Lipinski definition) is 6. The molecule has 0 aliphatic carbocycles. The summed E-state index contributed by atoms with van der Waals surface area (Å²) in [4.78, 5) is 17.1. The minimum absolute atomic E-state index is 0.178. The maximum Gasteiger partial charge on any atom is 0.421 e. The molecule has 2 aromatic heterocycles. The number of aromatic nitrogens is 2. The second kappa shape index (κ2) is 6.33. The lowest BCUT2D eigenvalue weighted by Gasteiger charge is -2.20. The molecule has 0 saturated carbocycles. The van der Waals surface area contributed by atoms with E-state index in [1.165, 1.54) is 16.3 Å². The van der Waals surface area contributed by atoms with Crippen LogP contribution in [0.1, 0.15) is 26.5 Å². The first-order valence-electron chi connectivity index (χ1n) is 7.45. The zero-order valence-electron chi connectivity index (χ0n) is 13.6.